The molecule has 0 amide bonds. The van der Waals surface area contributed by atoms with Gasteiger partial charge in [0.1, 0.15) is 0 Å². The van der Waals surface area contributed by atoms with E-state index in [1.165, 1.54) is 0 Å². The van der Waals surface area contributed by atoms with E-state index in [1.807, 2.05) is 0 Å². The molecule has 1 unspecified atom stereocenters. The van der Waals surface area contributed by atoms with E-state index < -0.39 is 0 Å². The van der Waals surface area contributed by atoms with Gasteiger partial charge in [0.25, 0.3) is 0 Å². The van der Waals surface area contributed by atoms with Gasteiger partial charge in [-0.05, 0) is 13.3 Å². The van der Waals surface area contributed by atoms with Crippen LogP contribution in [0.4, 0.5) is 0 Å². The van der Waals surface area contributed by atoms with Crippen molar-refractivity contribution in [1.29, 1.82) is 0 Å². The topological polar surface area (TPSA) is 43.4 Å². The first kappa shape index (κ1) is 15.6. The average Bonchev–Trinajstić information content (AvgIpc) is 2.83. The summed E-state index contributed by atoms with van der Waals surface area (Å²) < 4.78 is 10.3. The second-order valence-electron chi connectivity index (χ2n) is 4.28. The van der Waals surface area contributed by atoms with Crippen LogP contribution in [0, 0.1) is 0 Å². The molecule has 1 atom stereocenters. The minimum absolute atomic E-state index is 0.549. The van der Waals surface area contributed by atoms with E-state index in [-0.39, 0.29) is 0 Å². The third kappa shape index (κ3) is 6.44. The molecule has 0 fully saturated rings. The predicted molar refractivity (Wildman–Crippen MR) is 75.1 cm³/mol. The molecule has 0 saturated carbocycles. The normalized spacial score (nSPS) is 12.8. The summed E-state index contributed by atoms with van der Waals surface area (Å²) >= 11 is 1.71. The van der Waals surface area contributed by atoms with Crippen LogP contribution in [0.25, 0.3) is 0 Å². The van der Waals surface area contributed by atoms with E-state index in [1.54, 1.807) is 18.4 Å². The summed E-state index contributed by atoms with van der Waals surface area (Å²) in [7, 11) is 1.68. The zero-order valence-corrected chi connectivity index (χ0v) is 12.4. The molecule has 1 aromatic heterocycles. The fourth-order valence-electron chi connectivity index (χ4n) is 1.37. The highest BCUT2D eigenvalue weighted by Crippen LogP contribution is 2.10. The summed E-state index contributed by atoms with van der Waals surface area (Å²) in [5.74, 6) is 0. The van der Waals surface area contributed by atoms with Gasteiger partial charge in [-0.1, -0.05) is 6.92 Å². The molecular formula is C13H24N2O2S. The number of hydrogen-bond donors (Lipinski definition) is 1. The highest BCUT2D eigenvalue weighted by Gasteiger charge is 2.03. The van der Waals surface area contributed by atoms with Crippen molar-refractivity contribution in [2.75, 3.05) is 26.9 Å². The van der Waals surface area contributed by atoms with Gasteiger partial charge < -0.3 is 14.8 Å². The van der Waals surface area contributed by atoms with Gasteiger partial charge >= 0.3 is 0 Å². The maximum Gasteiger partial charge on any atom is 0.0951 e. The second kappa shape index (κ2) is 9.44. The predicted octanol–water partition coefficient (Wildman–Crippen LogP) is 2.24. The number of rotatable bonds is 10. The molecule has 0 bridgehead atoms. The Labute approximate surface area is 114 Å². The van der Waals surface area contributed by atoms with Crippen molar-refractivity contribution >= 4 is 11.3 Å². The number of nitrogens with zero attached hydrogens (tertiary/aromatic N) is 1. The first-order valence-corrected chi connectivity index (χ1v) is 7.37. The van der Waals surface area contributed by atoms with Crippen LogP contribution < -0.4 is 5.32 Å². The van der Waals surface area contributed by atoms with Crippen molar-refractivity contribution in [3.05, 3.63) is 16.1 Å². The zero-order valence-electron chi connectivity index (χ0n) is 11.6. The molecule has 4 nitrogen and oxygen atoms in total. The van der Waals surface area contributed by atoms with Crippen molar-refractivity contribution in [2.24, 2.45) is 0 Å². The Bertz CT molecular complexity index is 318. The Balaban J connectivity index is 2.17. The zero-order chi connectivity index (χ0) is 13.2. The number of methoxy groups -OCH3 is 1. The number of thiazole rings is 1. The molecule has 1 heterocycles. The van der Waals surface area contributed by atoms with Crippen LogP contribution in [0.2, 0.25) is 0 Å². The standard InChI is InChI=1S/C13H24N2O2S/c1-4-11(2)14-9-12-10-18-13(15-12)5-6-17-8-7-16-3/h10-11,14H,4-9H2,1-3H3. The molecule has 1 aromatic rings. The van der Waals surface area contributed by atoms with E-state index in [9.17, 15) is 0 Å². The van der Waals surface area contributed by atoms with Crippen molar-refractivity contribution in [3.8, 4) is 0 Å². The van der Waals surface area contributed by atoms with Crippen LogP contribution >= 0.6 is 11.3 Å². The Hall–Kier alpha value is -0.490. The molecule has 0 saturated heterocycles. The maximum atomic E-state index is 5.43. The van der Waals surface area contributed by atoms with E-state index in [0.29, 0.717) is 19.3 Å². The molecule has 1 rings (SSSR count). The lowest BCUT2D eigenvalue weighted by Crippen LogP contribution is -2.24. The van der Waals surface area contributed by atoms with Gasteiger partial charge in [0.05, 0.1) is 30.5 Å². The number of nitrogens with one attached hydrogen (secondary N) is 1. The summed E-state index contributed by atoms with van der Waals surface area (Å²) in [6.45, 7) is 7.26. The molecular weight excluding hydrogens is 248 g/mol. The summed E-state index contributed by atoms with van der Waals surface area (Å²) in [5, 5.41) is 6.71. The maximum absolute atomic E-state index is 5.43. The summed E-state index contributed by atoms with van der Waals surface area (Å²) in [6.07, 6.45) is 2.03. The third-order valence-electron chi connectivity index (χ3n) is 2.74. The van der Waals surface area contributed by atoms with Gasteiger partial charge in [-0.15, -0.1) is 11.3 Å². The molecule has 0 spiro atoms. The Morgan fingerprint density at radius 3 is 2.94 bits per heavy atom. The highest BCUT2D eigenvalue weighted by molar-refractivity contribution is 7.09. The number of ether oxygens (including phenoxy) is 2. The fourth-order valence-corrected chi connectivity index (χ4v) is 2.15. The molecule has 1 N–H and O–H groups in total. The van der Waals surface area contributed by atoms with Crippen molar-refractivity contribution < 1.29 is 9.47 Å². The molecule has 104 valence electrons. The van der Waals surface area contributed by atoms with Crippen molar-refractivity contribution in [2.45, 2.75) is 39.3 Å². The minimum Gasteiger partial charge on any atom is -0.382 e. The average molecular weight is 272 g/mol. The minimum atomic E-state index is 0.549. The van der Waals surface area contributed by atoms with Crippen LogP contribution in [0.5, 0.6) is 0 Å². The van der Waals surface area contributed by atoms with E-state index in [2.05, 4.69) is 29.5 Å². The summed E-state index contributed by atoms with van der Waals surface area (Å²) in [6, 6.07) is 0.549. The first-order chi connectivity index (χ1) is 8.76. The third-order valence-corrected chi connectivity index (χ3v) is 3.69. The van der Waals surface area contributed by atoms with Gasteiger partial charge in [0.15, 0.2) is 0 Å². The molecule has 0 aromatic carbocycles. The smallest absolute Gasteiger partial charge is 0.0951 e. The quantitative estimate of drug-likeness (QED) is 0.663. The lowest BCUT2D eigenvalue weighted by Gasteiger charge is -2.08. The van der Waals surface area contributed by atoms with Gasteiger partial charge in [0.2, 0.25) is 0 Å². The molecule has 0 aliphatic rings. The number of aromatic nitrogens is 1. The molecule has 0 aliphatic carbocycles. The first-order valence-electron chi connectivity index (χ1n) is 6.49. The van der Waals surface area contributed by atoms with Gasteiger partial charge in [0, 0.05) is 31.5 Å². The van der Waals surface area contributed by atoms with Gasteiger partial charge in [-0.25, -0.2) is 4.98 Å². The van der Waals surface area contributed by atoms with E-state index >= 15 is 0 Å². The summed E-state index contributed by atoms with van der Waals surface area (Å²) in [5.41, 5.74) is 1.13. The molecule has 0 radical (unpaired) electrons. The Kier molecular flexibility index (Phi) is 8.17. The van der Waals surface area contributed by atoms with Crippen LogP contribution in [0.15, 0.2) is 5.38 Å². The molecule has 18 heavy (non-hydrogen) atoms. The van der Waals surface area contributed by atoms with Crippen LogP contribution in [-0.2, 0) is 22.4 Å². The highest BCUT2D eigenvalue weighted by atomic mass is 32.1. The Morgan fingerprint density at radius 2 is 2.22 bits per heavy atom. The van der Waals surface area contributed by atoms with Gasteiger partial charge in [-0.3, -0.25) is 0 Å². The SMILES string of the molecule is CCC(C)NCc1csc(CCOCCOC)n1. The van der Waals surface area contributed by atoms with Crippen LogP contribution in [0.3, 0.4) is 0 Å². The fraction of sp³-hybridized carbons (Fsp3) is 0.769. The largest absolute Gasteiger partial charge is 0.382 e. The van der Waals surface area contributed by atoms with Crippen LogP contribution in [-0.4, -0.2) is 38.0 Å². The van der Waals surface area contributed by atoms with E-state index in [4.69, 9.17) is 9.47 Å². The van der Waals surface area contributed by atoms with Crippen molar-refractivity contribution in [1.82, 2.24) is 10.3 Å². The Morgan fingerprint density at radius 1 is 1.39 bits per heavy atom. The summed E-state index contributed by atoms with van der Waals surface area (Å²) in [4.78, 5) is 4.58. The van der Waals surface area contributed by atoms with Crippen molar-refractivity contribution in [3.63, 3.8) is 0 Å². The van der Waals surface area contributed by atoms with E-state index in [0.717, 1.165) is 36.7 Å². The lowest BCUT2D eigenvalue weighted by molar-refractivity contribution is 0.0722. The van der Waals surface area contributed by atoms with Gasteiger partial charge in [-0.2, -0.15) is 0 Å². The lowest BCUT2D eigenvalue weighted by atomic mass is 10.2. The van der Waals surface area contributed by atoms with Crippen LogP contribution in [0.1, 0.15) is 31.0 Å². The molecule has 0 aliphatic heterocycles. The second-order valence-corrected chi connectivity index (χ2v) is 5.22. The molecule has 5 heteroatoms. The number of hydrogen-bond acceptors (Lipinski definition) is 5. The monoisotopic (exact) mass is 272 g/mol.